The van der Waals surface area contributed by atoms with Gasteiger partial charge in [-0.05, 0) is 73.9 Å². The zero-order valence-corrected chi connectivity index (χ0v) is 30.8. The Morgan fingerprint density at radius 1 is 1.07 bits per heavy atom. The Kier molecular flexibility index (Phi) is 12.7. The summed E-state index contributed by atoms with van der Waals surface area (Å²) in [7, 11) is 0. The van der Waals surface area contributed by atoms with Crippen LogP contribution in [0.25, 0.3) is 11.1 Å². The van der Waals surface area contributed by atoms with Gasteiger partial charge in [0.25, 0.3) is 0 Å². The molecule has 284 valence electrons. The van der Waals surface area contributed by atoms with E-state index in [9.17, 15) is 25.4 Å². The Morgan fingerprint density at radius 3 is 2.61 bits per heavy atom. The number of benzene rings is 3. The third-order valence-electron chi connectivity index (χ3n) is 10.1. The van der Waals surface area contributed by atoms with Gasteiger partial charge in [0.05, 0.1) is 29.9 Å². The molecule has 1 aliphatic heterocycles. The van der Waals surface area contributed by atoms with Crippen LogP contribution in [0.5, 0.6) is 17.2 Å². The average Bonchev–Trinajstić information content (AvgIpc) is 3.60. The summed E-state index contributed by atoms with van der Waals surface area (Å²) in [6.45, 7) is 3.72. The average molecular weight is 759 g/mol. The molecule has 4 N–H and O–H groups in total. The summed E-state index contributed by atoms with van der Waals surface area (Å²) in [6, 6.07) is 18.0. The quantitative estimate of drug-likeness (QED) is 0.0964. The lowest BCUT2D eigenvalue weighted by Gasteiger charge is -2.29. The molecule has 3 aromatic carbocycles. The highest BCUT2D eigenvalue weighted by Crippen LogP contribution is 2.44. The minimum atomic E-state index is -1.61. The second kappa shape index (κ2) is 17.6. The van der Waals surface area contributed by atoms with Crippen molar-refractivity contribution >= 4 is 17.6 Å². The van der Waals surface area contributed by atoms with Gasteiger partial charge >= 0.3 is 5.97 Å². The van der Waals surface area contributed by atoms with Crippen LogP contribution in [0.4, 0.5) is 4.39 Å². The summed E-state index contributed by atoms with van der Waals surface area (Å²) in [5.74, 6) is -0.733. The predicted octanol–water partition coefficient (Wildman–Crippen LogP) is 6.21. The molecule has 54 heavy (non-hydrogen) atoms. The van der Waals surface area contributed by atoms with Crippen molar-refractivity contribution in [2.45, 2.75) is 69.9 Å². The highest BCUT2D eigenvalue weighted by atomic mass is 35.5. The Balaban J connectivity index is 1.19. The van der Waals surface area contributed by atoms with Crippen LogP contribution in [0, 0.1) is 17.1 Å². The number of carbonyl (C=O) groups is 1. The molecule has 1 saturated heterocycles. The van der Waals surface area contributed by atoms with Crippen molar-refractivity contribution < 1.29 is 38.7 Å². The smallest absolute Gasteiger partial charge is 0.326 e. The van der Waals surface area contributed by atoms with E-state index in [-0.39, 0.29) is 30.0 Å². The maximum Gasteiger partial charge on any atom is 0.326 e. The summed E-state index contributed by atoms with van der Waals surface area (Å²) in [4.78, 5) is 18.2. The van der Waals surface area contributed by atoms with E-state index in [1.165, 1.54) is 13.1 Å². The molecule has 2 atom stereocenters. The third-order valence-corrected chi connectivity index (χ3v) is 10.4. The standard InChI is InChI=1S/C41H44ClFN4O7/c1-41(25-48,40(50)51)46-23-28-18-34(42)38(19-37(28)53-24-27-17-26(20-44)21-45-22-27)54-35-10-9-31-30(5-2-6-32(31)35)33-7-3-8-36(39(33)43)52-16-4-13-47-14-11-29(49)12-15-47/h2-3,5-8,17-19,21-22,29,35,46,48-49H,4,9-16,23-25H2,1H3,(H,50,51)/t35-,41?/m0/s1. The minimum absolute atomic E-state index is 0.00258. The fourth-order valence-corrected chi connectivity index (χ4v) is 7.04. The third kappa shape index (κ3) is 9.12. The summed E-state index contributed by atoms with van der Waals surface area (Å²) in [5, 5.41) is 41.6. The molecular formula is C41H44ClFN4O7. The highest BCUT2D eigenvalue weighted by molar-refractivity contribution is 6.32. The second-order valence-electron chi connectivity index (χ2n) is 13.9. The Morgan fingerprint density at radius 2 is 1.85 bits per heavy atom. The normalized spacial score (nSPS) is 17.0. The summed E-state index contributed by atoms with van der Waals surface area (Å²) >= 11 is 6.78. The molecule has 1 fully saturated rings. The van der Waals surface area contributed by atoms with Crippen molar-refractivity contribution in [1.82, 2.24) is 15.2 Å². The number of nitrogens with zero attached hydrogens (tertiary/aromatic N) is 3. The maximum atomic E-state index is 16.0. The Hall–Kier alpha value is -4.77. The van der Waals surface area contributed by atoms with Crippen molar-refractivity contribution in [3.05, 3.63) is 106 Å². The fraction of sp³-hybridized carbons (Fsp3) is 0.390. The molecule has 0 spiro atoms. The molecule has 0 bridgehead atoms. The SMILES string of the molecule is CC(CO)(NCc1cc(Cl)c(O[C@H]2CCc3c(-c4cccc(OCCCN5CCC(O)CC5)c4F)cccc32)cc1OCc1cncc(C#N)c1)C(=O)O. The van der Waals surface area contributed by atoms with Gasteiger partial charge in [-0.3, -0.25) is 15.1 Å². The van der Waals surface area contributed by atoms with Gasteiger partial charge in [0, 0.05) is 61.3 Å². The highest BCUT2D eigenvalue weighted by Gasteiger charge is 2.33. The number of hydrogen-bond acceptors (Lipinski definition) is 10. The van der Waals surface area contributed by atoms with Crippen LogP contribution >= 0.6 is 11.6 Å². The van der Waals surface area contributed by atoms with Gasteiger partial charge in [-0.2, -0.15) is 5.26 Å². The van der Waals surface area contributed by atoms with Gasteiger partial charge in [-0.25, -0.2) is 4.39 Å². The first-order chi connectivity index (χ1) is 26.1. The van der Waals surface area contributed by atoms with Crippen LogP contribution in [0.15, 0.2) is 67.0 Å². The number of fused-ring (bicyclic) bond motifs is 1. The first-order valence-corrected chi connectivity index (χ1v) is 18.5. The van der Waals surface area contributed by atoms with Crippen LogP contribution in [0.1, 0.15) is 66.5 Å². The molecule has 2 aliphatic rings. The van der Waals surface area contributed by atoms with Crippen LogP contribution in [0.2, 0.25) is 5.02 Å². The van der Waals surface area contributed by atoms with Crippen molar-refractivity contribution in [2.24, 2.45) is 0 Å². The number of nitrogens with one attached hydrogen (secondary N) is 1. The number of carboxylic acid groups (broad SMARTS) is 1. The molecule has 0 amide bonds. The molecule has 1 aliphatic carbocycles. The number of carboxylic acids is 1. The van der Waals surface area contributed by atoms with E-state index < -0.39 is 30.0 Å². The Bertz CT molecular complexity index is 2000. The molecule has 13 heteroatoms. The van der Waals surface area contributed by atoms with Crippen LogP contribution < -0.4 is 19.5 Å². The van der Waals surface area contributed by atoms with E-state index in [0.717, 1.165) is 55.6 Å². The summed E-state index contributed by atoms with van der Waals surface area (Å²) < 4.78 is 34.6. The zero-order valence-electron chi connectivity index (χ0n) is 30.1. The van der Waals surface area contributed by atoms with Gasteiger partial charge in [0.2, 0.25) is 0 Å². The monoisotopic (exact) mass is 758 g/mol. The number of aliphatic carboxylic acids is 1. The lowest BCUT2D eigenvalue weighted by atomic mass is 9.96. The fourth-order valence-electron chi connectivity index (χ4n) is 6.80. The first kappa shape index (κ1) is 38.9. The molecule has 6 rings (SSSR count). The number of aliphatic hydroxyl groups is 2. The van der Waals surface area contributed by atoms with Crippen LogP contribution in [-0.4, -0.2) is 75.7 Å². The first-order valence-electron chi connectivity index (χ1n) is 18.1. The van der Waals surface area contributed by atoms with Gasteiger partial charge < -0.3 is 34.4 Å². The molecule has 1 unspecified atom stereocenters. The number of piperidine rings is 1. The summed E-state index contributed by atoms with van der Waals surface area (Å²) in [5.41, 5.74) is 3.04. The number of aliphatic hydroxyl groups excluding tert-OH is 2. The van der Waals surface area contributed by atoms with E-state index in [1.54, 1.807) is 42.6 Å². The van der Waals surface area contributed by atoms with Gasteiger partial charge in [0.15, 0.2) is 11.6 Å². The topological polar surface area (TPSA) is 157 Å². The van der Waals surface area contributed by atoms with Gasteiger partial charge in [-0.1, -0.05) is 41.9 Å². The number of halogens is 2. The molecular weight excluding hydrogens is 715 g/mol. The molecule has 1 aromatic heterocycles. The van der Waals surface area contributed by atoms with Crippen molar-refractivity contribution in [3.8, 4) is 34.4 Å². The predicted molar refractivity (Wildman–Crippen MR) is 200 cm³/mol. The molecule has 11 nitrogen and oxygen atoms in total. The van der Waals surface area contributed by atoms with Crippen LogP contribution in [0.3, 0.4) is 0 Å². The lowest BCUT2D eigenvalue weighted by molar-refractivity contribution is -0.145. The zero-order chi connectivity index (χ0) is 38.2. The molecule has 4 aromatic rings. The van der Waals surface area contributed by atoms with Gasteiger partial charge in [-0.15, -0.1) is 0 Å². The lowest BCUT2D eigenvalue weighted by Crippen LogP contribution is -2.52. The van der Waals surface area contributed by atoms with Crippen molar-refractivity contribution in [2.75, 3.05) is 32.8 Å². The van der Waals surface area contributed by atoms with E-state index >= 15 is 4.39 Å². The number of nitriles is 1. The number of aromatic nitrogens is 1. The Labute approximate surface area is 318 Å². The van der Waals surface area contributed by atoms with Crippen LogP contribution in [-0.2, 0) is 24.4 Å². The van der Waals surface area contributed by atoms with Crippen molar-refractivity contribution in [3.63, 3.8) is 0 Å². The van der Waals surface area contributed by atoms with E-state index in [2.05, 4.69) is 21.3 Å². The molecule has 0 radical (unpaired) electrons. The number of pyridine rings is 1. The van der Waals surface area contributed by atoms with Gasteiger partial charge in [0.1, 0.15) is 35.8 Å². The minimum Gasteiger partial charge on any atom is -0.490 e. The number of hydrogen-bond donors (Lipinski definition) is 4. The van der Waals surface area contributed by atoms with E-state index in [0.29, 0.717) is 53.2 Å². The molecule has 0 saturated carbocycles. The second-order valence-corrected chi connectivity index (χ2v) is 14.3. The maximum absolute atomic E-state index is 16.0. The molecule has 2 heterocycles. The largest absolute Gasteiger partial charge is 0.490 e. The van der Waals surface area contributed by atoms with E-state index in [1.807, 2.05) is 18.2 Å². The van der Waals surface area contributed by atoms with E-state index in [4.69, 9.17) is 25.8 Å². The number of rotatable bonds is 16. The number of ether oxygens (including phenoxy) is 3. The van der Waals surface area contributed by atoms with Crippen molar-refractivity contribution in [1.29, 1.82) is 5.26 Å². The summed E-state index contributed by atoms with van der Waals surface area (Å²) in [6.07, 6.45) is 5.99. The number of likely N-dealkylation sites (tertiary alicyclic amines) is 1.